The third-order valence-corrected chi connectivity index (χ3v) is 6.09. The number of benzene rings is 3. The number of esters is 1. The van der Waals surface area contributed by atoms with E-state index >= 15 is 0 Å². The summed E-state index contributed by atoms with van der Waals surface area (Å²) in [5.41, 5.74) is 9.55. The van der Waals surface area contributed by atoms with Gasteiger partial charge in [0.05, 0.1) is 5.56 Å². The minimum atomic E-state index is -0.665. The summed E-state index contributed by atoms with van der Waals surface area (Å²) in [5.74, 6) is -0.902. The Hall–Kier alpha value is -4.86. The molecule has 0 spiro atoms. The van der Waals surface area contributed by atoms with Crippen molar-refractivity contribution in [2.24, 2.45) is 5.73 Å². The van der Waals surface area contributed by atoms with Gasteiger partial charge in [-0.05, 0) is 73.7 Å². The molecule has 10 nitrogen and oxygen atoms in total. The van der Waals surface area contributed by atoms with Crippen LogP contribution in [0, 0.1) is 0 Å². The van der Waals surface area contributed by atoms with Crippen LogP contribution < -0.4 is 21.7 Å². The Morgan fingerprint density at radius 2 is 1.40 bits per heavy atom. The molecule has 42 heavy (non-hydrogen) atoms. The number of primary amides is 1. The highest BCUT2D eigenvalue weighted by Gasteiger charge is 2.29. The minimum Gasteiger partial charge on any atom is -0.456 e. The van der Waals surface area contributed by atoms with Crippen molar-refractivity contribution in [3.63, 3.8) is 0 Å². The zero-order valence-electron chi connectivity index (χ0n) is 24.4. The van der Waals surface area contributed by atoms with Crippen molar-refractivity contribution in [3.05, 3.63) is 89.5 Å². The van der Waals surface area contributed by atoms with Crippen molar-refractivity contribution in [2.75, 3.05) is 25.0 Å². The van der Waals surface area contributed by atoms with Crippen LogP contribution in [0.3, 0.4) is 0 Å². The van der Waals surface area contributed by atoms with Crippen LogP contribution in [0.5, 0.6) is 0 Å². The fraction of sp³-hybridized carbons (Fsp3) is 0.312. The van der Waals surface area contributed by atoms with Crippen molar-refractivity contribution in [1.29, 1.82) is 0 Å². The number of carbonyl (C=O) groups is 4. The van der Waals surface area contributed by atoms with Gasteiger partial charge < -0.3 is 31.2 Å². The lowest BCUT2D eigenvalue weighted by molar-refractivity contribution is -0.115. The van der Waals surface area contributed by atoms with Crippen molar-refractivity contribution in [3.8, 4) is 11.1 Å². The molecule has 0 saturated carbocycles. The van der Waals surface area contributed by atoms with Gasteiger partial charge in [0.15, 0.2) is 0 Å². The van der Waals surface area contributed by atoms with Crippen LogP contribution in [0.1, 0.15) is 61.5 Å². The summed E-state index contributed by atoms with van der Waals surface area (Å²) < 4.78 is 10.8. The van der Waals surface area contributed by atoms with E-state index in [1.165, 1.54) is 0 Å². The Balaban J connectivity index is 0.000000616. The molecule has 0 fully saturated rings. The molecule has 5 N–H and O–H groups in total. The van der Waals surface area contributed by atoms with Crippen LogP contribution in [-0.4, -0.2) is 49.3 Å². The van der Waals surface area contributed by atoms with Crippen LogP contribution in [0.15, 0.2) is 72.8 Å². The zero-order chi connectivity index (χ0) is 30.7. The smallest absolute Gasteiger partial charge is 0.407 e. The van der Waals surface area contributed by atoms with Crippen LogP contribution in [0.4, 0.5) is 15.3 Å². The van der Waals surface area contributed by atoms with E-state index in [1.807, 2.05) is 43.3 Å². The number of anilines is 1. The van der Waals surface area contributed by atoms with Gasteiger partial charge in [-0.15, -0.1) is 0 Å². The normalized spacial score (nSPS) is 11.6. The topological polar surface area (TPSA) is 149 Å². The fourth-order valence-electron chi connectivity index (χ4n) is 4.28. The summed E-state index contributed by atoms with van der Waals surface area (Å²) in [6.45, 7) is 7.96. The number of fused-ring (bicyclic) bond motifs is 3. The molecule has 0 saturated heterocycles. The molecule has 0 aliphatic heterocycles. The quantitative estimate of drug-likeness (QED) is 0.272. The van der Waals surface area contributed by atoms with Crippen LogP contribution in [0.2, 0.25) is 0 Å². The Morgan fingerprint density at radius 3 is 1.90 bits per heavy atom. The van der Waals surface area contributed by atoms with Crippen molar-refractivity contribution < 1.29 is 28.7 Å². The Bertz CT molecular complexity index is 1350. The van der Waals surface area contributed by atoms with E-state index in [9.17, 15) is 19.2 Å². The number of hydrogen-bond donors (Lipinski definition) is 4. The lowest BCUT2D eigenvalue weighted by atomic mass is 9.98. The molecule has 4 amide bonds. The number of nitrogens with two attached hydrogens (primary N) is 1. The molecule has 3 aromatic carbocycles. The maximum Gasteiger partial charge on any atom is 0.407 e. The largest absolute Gasteiger partial charge is 0.456 e. The third-order valence-electron chi connectivity index (χ3n) is 6.09. The highest BCUT2D eigenvalue weighted by atomic mass is 16.6. The number of alkyl carbamates (subject to hydrolysis) is 1. The molecule has 1 aliphatic rings. The van der Waals surface area contributed by atoms with Gasteiger partial charge in [0, 0.05) is 18.2 Å². The Labute approximate surface area is 246 Å². The van der Waals surface area contributed by atoms with Crippen molar-refractivity contribution in [2.45, 2.75) is 45.6 Å². The number of nitrogens with one attached hydrogen (secondary N) is 3. The molecule has 0 aromatic heterocycles. The zero-order valence-corrected chi connectivity index (χ0v) is 24.4. The number of urea groups is 1. The molecule has 0 heterocycles. The average molecular weight is 575 g/mol. The first-order chi connectivity index (χ1) is 20.0. The van der Waals surface area contributed by atoms with E-state index in [0.717, 1.165) is 28.7 Å². The molecule has 0 unspecified atom stereocenters. The molecular formula is C32H38N4O6. The van der Waals surface area contributed by atoms with E-state index in [1.54, 1.807) is 45.0 Å². The number of amides is 4. The first-order valence-electron chi connectivity index (χ1n) is 13.7. The summed E-state index contributed by atoms with van der Waals surface area (Å²) in [6.07, 6.45) is 0.269. The van der Waals surface area contributed by atoms with Gasteiger partial charge in [-0.25, -0.2) is 14.4 Å². The predicted molar refractivity (Wildman–Crippen MR) is 161 cm³/mol. The van der Waals surface area contributed by atoms with E-state index in [0.29, 0.717) is 17.8 Å². The molecule has 222 valence electrons. The first-order valence-corrected chi connectivity index (χ1v) is 13.7. The van der Waals surface area contributed by atoms with E-state index in [4.69, 9.17) is 15.2 Å². The van der Waals surface area contributed by atoms with Gasteiger partial charge in [0.1, 0.15) is 18.8 Å². The monoisotopic (exact) mass is 574 g/mol. The van der Waals surface area contributed by atoms with Crippen LogP contribution in [-0.2, 0) is 14.3 Å². The second kappa shape index (κ2) is 14.7. The summed E-state index contributed by atoms with van der Waals surface area (Å²) in [6, 6.07) is 22.1. The maximum absolute atomic E-state index is 12.2. The number of hydrogen-bond acceptors (Lipinski definition) is 6. The molecule has 0 bridgehead atoms. The molecule has 4 rings (SSSR count). The third kappa shape index (κ3) is 9.36. The maximum atomic E-state index is 12.2. The van der Waals surface area contributed by atoms with E-state index in [2.05, 4.69) is 28.1 Å². The summed E-state index contributed by atoms with van der Waals surface area (Å²) >= 11 is 0. The molecular weight excluding hydrogens is 536 g/mol. The second-order valence-corrected chi connectivity index (χ2v) is 10.6. The summed E-state index contributed by atoms with van der Waals surface area (Å²) in [5, 5.41) is 7.59. The first kappa shape index (κ1) is 31.7. The molecule has 10 heteroatoms. The van der Waals surface area contributed by atoms with E-state index < -0.39 is 29.6 Å². The van der Waals surface area contributed by atoms with E-state index in [-0.39, 0.29) is 19.1 Å². The lowest BCUT2D eigenvalue weighted by Crippen LogP contribution is -2.34. The van der Waals surface area contributed by atoms with Gasteiger partial charge in [0.2, 0.25) is 5.91 Å². The van der Waals surface area contributed by atoms with Gasteiger partial charge in [-0.1, -0.05) is 55.5 Å². The van der Waals surface area contributed by atoms with Gasteiger partial charge >= 0.3 is 18.1 Å². The Kier molecular flexibility index (Phi) is 11.1. The minimum absolute atomic E-state index is 0.0505. The number of rotatable bonds is 8. The molecule has 1 aliphatic carbocycles. The highest BCUT2D eigenvalue weighted by molar-refractivity contribution is 5.95. The summed E-state index contributed by atoms with van der Waals surface area (Å²) in [4.78, 5) is 46.5. The fourth-order valence-corrected chi connectivity index (χ4v) is 4.28. The Morgan fingerprint density at radius 1 is 0.833 bits per heavy atom. The summed E-state index contributed by atoms with van der Waals surface area (Å²) in [7, 11) is 0. The van der Waals surface area contributed by atoms with Gasteiger partial charge in [-0.2, -0.15) is 0 Å². The molecule has 0 atom stereocenters. The van der Waals surface area contributed by atoms with Crippen molar-refractivity contribution >= 4 is 29.7 Å². The molecule has 0 radical (unpaired) electrons. The standard InChI is InChI=1S/C28H28N2O5.C4H10N2O/c1-28(2,3)35-26(32)18-12-14-19(15-13-18)30-25(31)16-29-27(33)34-17-24-22-10-6-4-8-20(22)21-9-5-7-11-23(21)24;1-2-3-6-4(5)7/h4-15,24H,16-17H2,1-3H3,(H,29,33)(H,30,31);2-3H2,1H3,(H3,5,6,7). The van der Waals surface area contributed by atoms with Crippen molar-refractivity contribution in [1.82, 2.24) is 10.6 Å². The van der Waals surface area contributed by atoms with Crippen LogP contribution in [0.25, 0.3) is 11.1 Å². The highest BCUT2D eigenvalue weighted by Crippen LogP contribution is 2.44. The second-order valence-electron chi connectivity index (χ2n) is 10.6. The number of ether oxygens (including phenoxy) is 2. The van der Waals surface area contributed by atoms with Crippen LogP contribution >= 0.6 is 0 Å². The number of carbonyl (C=O) groups excluding carboxylic acids is 4. The molecule has 3 aromatic rings. The SMILES string of the molecule is CC(C)(C)OC(=O)c1ccc(NC(=O)CNC(=O)OCC2c3ccccc3-c3ccccc32)cc1.CCCNC(N)=O. The average Bonchev–Trinajstić information content (AvgIpc) is 3.27. The predicted octanol–water partition coefficient (Wildman–Crippen LogP) is 5.18. The van der Waals surface area contributed by atoms with Gasteiger partial charge in [-0.3, -0.25) is 4.79 Å². The van der Waals surface area contributed by atoms with Gasteiger partial charge in [0.25, 0.3) is 0 Å². The lowest BCUT2D eigenvalue weighted by Gasteiger charge is -2.19.